The standard InChI is InChI=1S/C13H13NO4/c1-8-5-9(3-4-10(8)17-2)13-11(6-12(15)16)18-7-14-13/h3-5,7H,6H2,1-2H3,(H,15,16). The van der Waals surface area contributed by atoms with Crippen molar-refractivity contribution >= 4 is 5.97 Å². The minimum atomic E-state index is -0.946. The maximum absolute atomic E-state index is 10.7. The van der Waals surface area contributed by atoms with Crippen LogP contribution in [0.1, 0.15) is 11.3 Å². The molecule has 1 heterocycles. The number of aromatic nitrogens is 1. The van der Waals surface area contributed by atoms with Gasteiger partial charge in [-0.25, -0.2) is 4.98 Å². The van der Waals surface area contributed by atoms with Gasteiger partial charge < -0.3 is 14.3 Å². The van der Waals surface area contributed by atoms with E-state index in [9.17, 15) is 4.79 Å². The lowest BCUT2D eigenvalue weighted by atomic mass is 10.1. The molecule has 0 aliphatic carbocycles. The zero-order valence-electron chi connectivity index (χ0n) is 10.1. The first-order chi connectivity index (χ1) is 8.61. The molecule has 0 bridgehead atoms. The molecule has 0 radical (unpaired) electrons. The molecule has 0 atom stereocenters. The van der Waals surface area contributed by atoms with Crippen molar-refractivity contribution < 1.29 is 19.1 Å². The summed E-state index contributed by atoms with van der Waals surface area (Å²) >= 11 is 0. The number of benzene rings is 1. The molecule has 1 aromatic heterocycles. The normalized spacial score (nSPS) is 10.3. The number of carboxylic acids is 1. The lowest BCUT2D eigenvalue weighted by Gasteiger charge is -2.06. The van der Waals surface area contributed by atoms with Gasteiger partial charge in [0.1, 0.15) is 23.6 Å². The van der Waals surface area contributed by atoms with E-state index in [1.54, 1.807) is 7.11 Å². The largest absolute Gasteiger partial charge is 0.496 e. The molecule has 18 heavy (non-hydrogen) atoms. The molecule has 0 spiro atoms. The van der Waals surface area contributed by atoms with Crippen molar-refractivity contribution in [2.45, 2.75) is 13.3 Å². The van der Waals surface area contributed by atoms with E-state index >= 15 is 0 Å². The van der Waals surface area contributed by atoms with Gasteiger partial charge >= 0.3 is 5.97 Å². The number of aryl methyl sites for hydroxylation is 1. The smallest absolute Gasteiger partial charge is 0.311 e. The molecule has 0 fully saturated rings. The van der Waals surface area contributed by atoms with Crippen molar-refractivity contribution in [1.82, 2.24) is 4.98 Å². The van der Waals surface area contributed by atoms with Gasteiger partial charge in [0.2, 0.25) is 0 Å². The van der Waals surface area contributed by atoms with Crippen LogP contribution in [0, 0.1) is 6.92 Å². The Balaban J connectivity index is 2.40. The van der Waals surface area contributed by atoms with Gasteiger partial charge in [-0.05, 0) is 30.7 Å². The molecule has 0 aliphatic heterocycles. The number of aliphatic carboxylic acids is 1. The first-order valence-corrected chi connectivity index (χ1v) is 5.41. The number of carboxylic acid groups (broad SMARTS) is 1. The number of ether oxygens (including phenoxy) is 1. The molecule has 5 heteroatoms. The van der Waals surface area contributed by atoms with Crippen molar-refractivity contribution in [3.63, 3.8) is 0 Å². The lowest BCUT2D eigenvalue weighted by molar-refractivity contribution is -0.136. The van der Waals surface area contributed by atoms with E-state index in [1.165, 1.54) is 6.39 Å². The predicted octanol–water partition coefficient (Wildman–Crippen LogP) is 2.29. The van der Waals surface area contributed by atoms with E-state index in [0.717, 1.165) is 16.9 Å². The van der Waals surface area contributed by atoms with Gasteiger partial charge in [-0.2, -0.15) is 0 Å². The summed E-state index contributed by atoms with van der Waals surface area (Å²) in [6.45, 7) is 1.92. The fourth-order valence-corrected chi connectivity index (χ4v) is 1.79. The molecule has 0 unspecified atom stereocenters. The molecule has 2 rings (SSSR count). The van der Waals surface area contributed by atoms with Crippen LogP contribution in [0.5, 0.6) is 5.75 Å². The van der Waals surface area contributed by atoms with E-state index in [0.29, 0.717) is 11.5 Å². The molecule has 0 amide bonds. The summed E-state index contributed by atoms with van der Waals surface area (Å²) in [7, 11) is 1.61. The molecular formula is C13H13NO4. The van der Waals surface area contributed by atoms with E-state index < -0.39 is 5.97 Å². The molecular weight excluding hydrogens is 234 g/mol. The summed E-state index contributed by atoms with van der Waals surface area (Å²) in [5, 5.41) is 8.79. The number of oxazole rings is 1. The van der Waals surface area contributed by atoms with Gasteiger partial charge in [-0.1, -0.05) is 0 Å². The summed E-state index contributed by atoms with van der Waals surface area (Å²) in [6.07, 6.45) is 1.08. The maximum Gasteiger partial charge on any atom is 0.311 e. The molecule has 94 valence electrons. The first-order valence-electron chi connectivity index (χ1n) is 5.41. The Morgan fingerprint density at radius 2 is 2.28 bits per heavy atom. The fourth-order valence-electron chi connectivity index (χ4n) is 1.79. The highest BCUT2D eigenvalue weighted by Gasteiger charge is 2.14. The number of carbonyl (C=O) groups is 1. The van der Waals surface area contributed by atoms with Crippen LogP contribution in [0.3, 0.4) is 0 Å². The second kappa shape index (κ2) is 4.91. The third kappa shape index (κ3) is 2.34. The van der Waals surface area contributed by atoms with Crippen LogP contribution < -0.4 is 4.74 Å². The number of methoxy groups -OCH3 is 1. The third-order valence-corrected chi connectivity index (χ3v) is 2.62. The summed E-state index contributed by atoms with van der Waals surface area (Å²) in [5.74, 6) is 0.187. The van der Waals surface area contributed by atoms with Crippen LogP contribution in [0.4, 0.5) is 0 Å². The second-order valence-electron chi connectivity index (χ2n) is 3.88. The van der Waals surface area contributed by atoms with Crippen LogP contribution in [0.25, 0.3) is 11.3 Å². The fraction of sp³-hybridized carbons (Fsp3) is 0.231. The Labute approximate surface area is 104 Å². The van der Waals surface area contributed by atoms with Gasteiger partial charge in [0.15, 0.2) is 6.39 Å². The minimum absolute atomic E-state index is 0.180. The average molecular weight is 247 g/mol. The quantitative estimate of drug-likeness (QED) is 0.897. The van der Waals surface area contributed by atoms with Crippen molar-refractivity contribution in [1.29, 1.82) is 0 Å². The topological polar surface area (TPSA) is 72.6 Å². The van der Waals surface area contributed by atoms with E-state index in [-0.39, 0.29) is 6.42 Å². The summed E-state index contributed by atoms with van der Waals surface area (Å²) in [5.41, 5.74) is 2.33. The Hall–Kier alpha value is -2.30. The minimum Gasteiger partial charge on any atom is -0.496 e. The van der Waals surface area contributed by atoms with Gasteiger partial charge in [0.25, 0.3) is 0 Å². The molecule has 2 aromatic rings. The molecule has 0 saturated carbocycles. The van der Waals surface area contributed by atoms with E-state index in [2.05, 4.69) is 4.98 Å². The molecule has 1 aromatic carbocycles. The number of nitrogens with zero attached hydrogens (tertiary/aromatic N) is 1. The average Bonchev–Trinajstić information content (AvgIpc) is 2.76. The molecule has 0 saturated heterocycles. The summed E-state index contributed by atoms with van der Waals surface area (Å²) < 4.78 is 10.3. The Morgan fingerprint density at radius 3 is 2.89 bits per heavy atom. The zero-order chi connectivity index (χ0) is 13.1. The number of rotatable bonds is 4. The van der Waals surface area contributed by atoms with Crippen molar-refractivity contribution in [2.75, 3.05) is 7.11 Å². The molecule has 0 aliphatic rings. The van der Waals surface area contributed by atoms with Crippen molar-refractivity contribution in [3.05, 3.63) is 35.9 Å². The predicted molar refractivity (Wildman–Crippen MR) is 64.6 cm³/mol. The molecule has 1 N–H and O–H groups in total. The number of hydrogen-bond donors (Lipinski definition) is 1. The lowest BCUT2D eigenvalue weighted by Crippen LogP contribution is -2.00. The highest BCUT2D eigenvalue weighted by atomic mass is 16.5. The van der Waals surface area contributed by atoms with Crippen molar-refractivity contribution in [3.8, 4) is 17.0 Å². The van der Waals surface area contributed by atoms with Crippen molar-refractivity contribution in [2.24, 2.45) is 0 Å². The van der Waals surface area contributed by atoms with Gasteiger partial charge in [0.05, 0.1) is 7.11 Å². The first kappa shape index (κ1) is 12.2. The zero-order valence-corrected chi connectivity index (χ0v) is 10.1. The second-order valence-corrected chi connectivity index (χ2v) is 3.88. The molecule has 5 nitrogen and oxygen atoms in total. The monoisotopic (exact) mass is 247 g/mol. The Kier molecular flexibility index (Phi) is 3.32. The Morgan fingerprint density at radius 1 is 1.50 bits per heavy atom. The summed E-state index contributed by atoms with van der Waals surface area (Å²) in [6, 6.07) is 5.54. The Bertz CT molecular complexity index is 574. The van der Waals surface area contributed by atoms with Gasteiger partial charge in [-0.15, -0.1) is 0 Å². The van der Waals surface area contributed by atoms with Gasteiger partial charge in [-0.3, -0.25) is 4.79 Å². The van der Waals surface area contributed by atoms with Gasteiger partial charge in [0, 0.05) is 5.56 Å². The highest BCUT2D eigenvalue weighted by molar-refractivity contribution is 5.73. The van der Waals surface area contributed by atoms with Crippen LogP contribution in [-0.4, -0.2) is 23.2 Å². The number of hydrogen-bond acceptors (Lipinski definition) is 4. The van der Waals surface area contributed by atoms with E-state index in [1.807, 2.05) is 25.1 Å². The third-order valence-electron chi connectivity index (χ3n) is 2.62. The summed E-state index contributed by atoms with van der Waals surface area (Å²) in [4.78, 5) is 14.8. The maximum atomic E-state index is 10.7. The van der Waals surface area contributed by atoms with Crippen LogP contribution >= 0.6 is 0 Å². The van der Waals surface area contributed by atoms with Crippen LogP contribution in [0.2, 0.25) is 0 Å². The van der Waals surface area contributed by atoms with E-state index in [4.69, 9.17) is 14.3 Å². The van der Waals surface area contributed by atoms with Crippen LogP contribution in [-0.2, 0) is 11.2 Å². The highest BCUT2D eigenvalue weighted by Crippen LogP contribution is 2.27. The SMILES string of the molecule is COc1ccc(-c2ncoc2CC(=O)O)cc1C. The van der Waals surface area contributed by atoms with Crippen LogP contribution in [0.15, 0.2) is 29.0 Å².